The van der Waals surface area contributed by atoms with Crippen molar-refractivity contribution in [1.82, 2.24) is 15.0 Å². The minimum absolute atomic E-state index is 0.0913. The van der Waals surface area contributed by atoms with Gasteiger partial charge >= 0.3 is 0 Å². The van der Waals surface area contributed by atoms with Crippen LogP contribution in [0.2, 0.25) is 0 Å². The Bertz CT molecular complexity index is 899. The largest absolute Gasteiger partial charge is 0.390 e. The third-order valence-electron chi connectivity index (χ3n) is 6.70. The lowest BCUT2D eigenvalue weighted by Crippen LogP contribution is -2.48. The molecule has 1 unspecified atom stereocenters. The molecule has 0 amide bonds. The molecule has 2 aromatic heterocycles. The van der Waals surface area contributed by atoms with Crippen LogP contribution in [0, 0.1) is 11.3 Å². The van der Waals surface area contributed by atoms with Gasteiger partial charge in [-0.05, 0) is 37.3 Å². The van der Waals surface area contributed by atoms with Gasteiger partial charge in [0.05, 0.1) is 24.4 Å². The van der Waals surface area contributed by atoms with Crippen LogP contribution in [0.15, 0.2) is 34.4 Å². The number of anilines is 2. The van der Waals surface area contributed by atoms with Gasteiger partial charge in [0, 0.05) is 44.3 Å². The zero-order chi connectivity index (χ0) is 22.0. The van der Waals surface area contributed by atoms with E-state index >= 15 is 0 Å². The molecule has 2 saturated heterocycles. The van der Waals surface area contributed by atoms with E-state index in [1.54, 1.807) is 12.4 Å². The number of halogens is 1. The van der Waals surface area contributed by atoms with Gasteiger partial charge in [-0.15, -0.1) is 0 Å². The minimum atomic E-state index is -0.293. The predicted octanol–water partition coefficient (Wildman–Crippen LogP) is 2.87. The van der Waals surface area contributed by atoms with Gasteiger partial charge < -0.3 is 20.6 Å². The summed E-state index contributed by atoms with van der Waals surface area (Å²) < 4.78 is 12.8. The summed E-state index contributed by atoms with van der Waals surface area (Å²) >= 11 is 1.47. The van der Waals surface area contributed by atoms with Crippen molar-refractivity contribution in [1.29, 1.82) is 0 Å². The van der Waals surface area contributed by atoms with E-state index in [1.807, 2.05) is 12.1 Å². The molecule has 4 rings (SSSR count). The van der Waals surface area contributed by atoms with Crippen LogP contribution >= 0.6 is 11.8 Å². The Morgan fingerprint density at radius 3 is 2.65 bits per heavy atom. The molecule has 7 nitrogen and oxygen atoms in total. The Balaban J connectivity index is 1.49. The van der Waals surface area contributed by atoms with Gasteiger partial charge in [-0.1, -0.05) is 18.7 Å². The fourth-order valence-corrected chi connectivity index (χ4v) is 5.07. The van der Waals surface area contributed by atoms with Gasteiger partial charge in [-0.3, -0.25) is 4.39 Å². The van der Waals surface area contributed by atoms with E-state index in [1.165, 1.54) is 11.8 Å². The SMILES string of the molecule is CC(N)C1(C)CCN(c2ncc(Sc3cccnc3N3CC(CF)C3)nc2CO)CC1. The van der Waals surface area contributed by atoms with Crippen LogP contribution in [0.5, 0.6) is 0 Å². The molecule has 0 aliphatic carbocycles. The molecule has 4 heterocycles. The summed E-state index contributed by atoms with van der Waals surface area (Å²) in [5, 5.41) is 10.7. The average molecular weight is 447 g/mol. The molecular weight excluding hydrogens is 415 g/mol. The highest BCUT2D eigenvalue weighted by atomic mass is 32.2. The molecule has 0 spiro atoms. The van der Waals surface area contributed by atoms with E-state index in [4.69, 9.17) is 5.73 Å². The first kappa shape index (κ1) is 22.2. The van der Waals surface area contributed by atoms with Crippen molar-refractivity contribution in [2.45, 2.75) is 49.3 Å². The van der Waals surface area contributed by atoms with Crippen LogP contribution < -0.4 is 15.5 Å². The van der Waals surface area contributed by atoms with Crippen LogP contribution in [-0.4, -0.2) is 59.0 Å². The number of aliphatic hydroxyl groups excluding tert-OH is 1. The lowest BCUT2D eigenvalue weighted by atomic mass is 9.75. The quantitative estimate of drug-likeness (QED) is 0.671. The number of pyridine rings is 1. The Hall–Kier alpha value is -1.97. The van der Waals surface area contributed by atoms with Gasteiger partial charge in [-0.2, -0.15) is 0 Å². The summed E-state index contributed by atoms with van der Waals surface area (Å²) in [5.41, 5.74) is 6.90. The maximum absolute atomic E-state index is 12.8. The number of nitrogens with zero attached hydrogens (tertiary/aromatic N) is 5. The Morgan fingerprint density at radius 2 is 2.00 bits per heavy atom. The Kier molecular flexibility index (Phi) is 6.64. The average Bonchev–Trinajstić information content (AvgIpc) is 2.75. The standard InChI is InChI=1S/C22H31FN6OS/c1-15(24)22(2)5-8-28(9-6-22)20-17(14-30)27-19(11-26-20)31-18-4-3-7-25-21(18)29-12-16(10-23)13-29/h3-4,7,11,15-16,30H,5-6,8-10,12-14,24H2,1-2H3. The monoisotopic (exact) mass is 446 g/mol. The number of rotatable bonds is 7. The highest BCUT2D eigenvalue weighted by Crippen LogP contribution is 2.38. The number of alkyl halides is 1. The van der Waals surface area contributed by atoms with Gasteiger partial charge in [0.2, 0.25) is 0 Å². The Morgan fingerprint density at radius 1 is 1.26 bits per heavy atom. The van der Waals surface area contributed by atoms with Crippen LogP contribution in [-0.2, 0) is 6.61 Å². The molecule has 0 saturated carbocycles. The molecule has 3 N–H and O–H groups in total. The second kappa shape index (κ2) is 9.26. The molecule has 0 bridgehead atoms. The fraction of sp³-hybridized carbons (Fsp3) is 0.591. The zero-order valence-electron chi connectivity index (χ0n) is 18.2. The number of hydrogen-bond acceptors (Lipinski definition) is 8. The van der Waals surface area contributed by atoms with Gasteiger partial charge in [-0.25, -0.2) is 15.0 Å². The molecule has 2 fully saturated rings. The molecule has 2 aliphatic rings. The molecule has 1 atom stereocenters. The Labute approximate surface area is 187 Å². The lowest BCUT2D eigenvalue weighted by Gasteiger charge is -2.42. The summed E-state index contributed by atoms with van der Waals surface area (Å²) in [6.45, 7) is 6.93. The topological polar surface area (TPSA) is 91.4 Å². The molecular formula is C22H31FN6OS. The molecule has 0 radical (unpaired) electrons. The molecule has 2 aromatic rings. The highest BCUT2D eigenvalue weighted by molar-refractivity contribution is 7.99. The van der Waals surface area contributed by atoms with Crippen molar-refractivity contribution >= 4 is 23.4 Å². The summed E-state index contributed by atoms with van der Waals surface area (Å²) in [6, 6.07) is 4.02. The molecule has 2 aliphatic heterocycles. The van der Waals surface area contributed by atoms with E-state index in [9.17, 15) is 9.50 Å². The second-order valence-electron chi connectivity index (χ2n) is 8.92. The van der Waals surface area contributed by atoms with Gasteiger partial charge in [0.25, 0.3) is 0 Å². The first-order chi connectivity index (χ1) is 14.9. The zero-order valence-corrected chi connectivity index (χ0v) is 19.0. The first-order valence-corrected chi connectivity index (χ1v) is 11.7. The highest BCUT2D eigenvalue weighted by Gasteiger charge is 2.34. The maximum Gasteiger partial charge on any atom is 0.152 e. The molecule has 9 heteroatoms. The van der Waals surface area contributed by atoms with Crippen molar-refractivity contribution in [2.75, 3.05) is 42.7 Å². The van der Waals surface area contributed by atoms with Crippen molar-refractivity contribution in [3.8, 4) is 0 Å². The van der Waals surface area contributed by atoms with Crippen molar-refractivity contribution in [2.24, 2.45) is 17.1 Å². The number of aliphatic hydroxyl groups is 1. The smallest absolute Gasteiger partial charge is 0.152 e. The predicted molar refractivity (Wildman–Crippen MR) is 121 cm³/mol. The van der Waals surface area contributed by atoms with E-state index in [-0.39, 0.29) is 30.7 Å². The van der Waals surface area contributed by atoms with Crippen LogP contribution in [0.25, 0.3) is 0 Å². The van der Waals surface area contributed by atoms with Crippen molar-refractivity contribution in [3.05, 3.63) is 30.2 Å². The van der Waals surface area contributed by atoms with Crippen LogP contribution in [0.3, 0.4) is 0 Å². The number of piperidine rings is 1. The summed E-state index contributed by atoms with van der Waals surface area (Å²) in [7, 11) is 0. The van der Waals surface area contributed by atoms with E-state index in [0.717, 1.165) is 42.5 Å². The minimum Gasteiger partial charge on any atom is -0.390 e. The summed E-state index contributed by atoms with van der Waals surface area (Å²) in [6.07, 6.45) is 5.49. The van der Waals surface area contributed by atoms with Crippen molar-refractivity contribution < 1.29 is 9.50 Å². The lowest BCUT2D eigenvalue weighted by molar-refractivity contribution is 0.204. The van der Waals surface area contributed by atoms with Crippen LogP contribution in [0.4, 0.5) is 16.0 Å². The maximum atomic E-state index is 12.8. The normalized spacial score (nSPS) is 19.9. The fourth-order valence-electron chi connectivity index (χ4n) is 4.16. The third kappa shape index (κ3) is 4.63. The second-order valence-corrected chi connectivity index (χ2v) is 9.98. The van der Waals surface area contributed by atoms with Crippen LogP contribution in [0.1, 0.15) is 32.4 Å². The molecule has 168 valence electrons. The van der Waals surface area contributed by atoms with E-state index in [0.29, 0.717) is 23.8 Å². The number of hydrogen-bond donors (Lipinski definition) is 2. The number of nitrogens with two attached hydrogens (primary N) is 1. The molecule has 0 aromatic carbocycles. The first-order valence-electron chi connectivity index (χ1n) is 10.8. The summed E-state index contributed by atoms with van der Waals surface area (Å²) in [5.74, 6) is 1.69. The van der Waals surface area contributed by atoms with Gasteiger partial charge in [0.1, 0.15) is 16.5 Å². The molecule has 31 heavy (non-hydrogen) atoms. The van der Waals surface area contributed by atoms with Gasteiger partial charge in [0.15, 0.2) is 5.82 Å². The summed E-state index contributed by atoms with van der Waals surface area (Å²) in [4.78, 5) is 19.1. The third-order valence-corrected chi connectivity index (χ3v) is 7.64. The number of aromatic nitrogens is 3. The van der Waals surface area contributed by atoms with E-state index in [2.05, 4.69) is 38.6 Å². The van der Waals surface area contributed by atoms with E-state index < -0.39 is 0 Å². The van der Waals surface area contributed by atoms with Crippen molar-refractivity contribution in [3.63, 3.8) is 0 Å².